The lowest BCUT2D eigenvalue weighted by atomic mass is 10.2. The van der Waals surface area contributed by atoms with Crippen LogP contribution in [0.5, 0.6) is 0 Å². The first-order chi connectivity index (χ1) is 10.1. The molecule has 0 aliphatic rings. The summed E-state index contributed by atoms with van der Waals surface area (Å²) in [5.74, 6) is 1.79. The van der Waals surface area contributed by atoms with Crippen LogP contribution < -0.4 is 10.6 Å². The van der Waals surface area contributed by atoms with Gasteiger partial charge in [0.15, 0.2) is 0 Å². The lowest BCUT2D eigenvalue weighted by molar-refractivity contribution is -0.118. The Kier molecular flexibility index (Phi) is 6.02. The average Bonchev–Trinajstić information content (AvgIpc) is 2.91. The van der Waals surface area contributed by atoms with Crippen LogP contribution in [0.1, 0.15) is 19.1 Å². The predicted octanol–water partition coefficient (Wildman–Crippen LogP) is 3.32. The summed E-state index contributed by atoms with van der Waals surface area (Å²) in [7, 11) is 0. The van der Waals surface area contributed by atoms with Gasteiger partial charge in [-0.05, 0) is 37.2 Å². The predicted molar refractivity (Wildman–Crippen MR) is 86.9 cm³/mol. The molecule has 2 N–H and O–H groups in total. The summed E-state index contributed by atoms with van der Waals surface area (Å²) in [6.45, 7) is 3.75. The zero-order valence-corrected chi connectivity index (χ0v) is 13.6. The van der Waals surface area contributed by atoms with Gasteiger partial charge < -0.3 is 15.1 Å². The Labute approximate surface area is 133 Å². The summed E-state index contributed by atoms with van der Waals surface area (Å²) >= 11 is 3.46. The molecule has 0 unspecified atom stereocenters. The van der Waals surface area contributed by atoms with E-state index in [9.17, 15) is 4.79 Å². The highest BCUT2D eigenvalue weighted by molar-refractivity contribution is 9.10. The summed E-state index contributed by atoms with van der Waals surface area (Å²) in [6, 6.07) is 12.0. The van der Waals surface area contributed by atoms with E-state index in [1.807, 2.05) is 36.4 Å². The van der Waals surface area contributed by atoms with Crippen LogP contribution in [-0.2, 0) is 11.3 Å². The van der Waals surface area contributed by atoms with Crippen LogP contribution in [0.25, 0.3) is 11.3 Å². The summed E-state index contributed by atoms with van der Waals surface area (Å²) in [6.07, 6.45) is 0.902. The molecule has 1 aromatic heterocycles. The molecule has 4 nitrogen and oxygen atoms in total. The van der Waals surface area contributed by atoms with E-state index in [1.54, 1.807) is 0 Å². The van der Waals surface area contributed by atoms with Crippen molar-refractivity contribution < 1.29 is 9.21 Å². The lowest BCUT2D eigenvalue weighted by Crippen LogP contribution is -2.24. The van der Waals surface area contributed by atoms with E-state index in [1.165, 1.54) is 6.92 Å². The molecule has 0 spiro atoms. The molecule has 0 atom stereocenters. The summed E-state index contributed by atoms with van der Waals surface area (Å²) < 4.78 is 6.85. The van der Waals surface area contributed by atoms with Crippen molar-refractivity contribution in [2.45, 2.75) is 19.9 Å². The Morgan fingerprint density at radius 3 is 2.86 bits per heavy atom. The van der Waals surface area contributed by atoms with Crippen LogP contribution in [0.4, 0.5) is 0 Å². The van der Waals surface area contributed by atoms with Gasteiger partial charge in [-0.1, -0.05) is 28.1 Å². The van der Waals surface area contributed by atoms with Crippen molar-refractivity contribution >= 4 is 21.8 Å². The Hall–Kier alpha value is -1.59. The van der Waals surface area contributed by atoms with Crippen molar-refractivity contribution in [1.29, 1.82) is 0 Å². The van der Waals surface area contributed by atoms with Crippen LogP contribution in [0, 0.1) is 0 Å². The molecule has 112 valence electrons. The van der Waals surface area contributed by atoms with Gasteiger partial charge >= 0.3 is 0 Å². The maximum Gasteiger partial charge on any atom is 0.216 e. The topological polar surface area (TPSA) is 54.3 Å². The number of benzene rings is 1. The van der Waals surface area contributed by atoms with Gasteiger partial charge in [0, 0.05) is 23.5 Å². The molecule has 0 saturated heterocycles. The second kappa shape index (κ2) is 8.00. The van der Waals surface area contributed by atoms with Crippen molar-refractivity contribution in [1.82, 2.24) is 10.6 Å². The SMILES string of the molecule is CC(=O)NCCCNCc1ccc(-c2cccc(Br)c2)o1. The van der Waals surface area contributed by atoms with Crippen molar-refractivity contribution in [3.8, 4) is 11.3 Å². The minimum absolute atomic E-state index is 0.0136. The molecule has 1 aromatic carbocycles. The summed E-state index contributed by atoms with van der Waals surface area (Å²) in [5, 5.41) is 6.07. The number of halogens is 1. The Balaban J connectivity index is 1.77. The van der Waals surface area contributed by atoms with Crippen LogP contribution in [0.3, 0.4) is 0 Å². The van der Waals surface area contributed by atoms with Gasteiger partial charge in [-0.2, -0.15) is 0 Å². The standard InChI is InChI=1S/C16H19BrN2O2/c1-12(20)19-9-3-8-18-11-15-6-7-16(21-15)13-4-2-5-14(17)10-13/h2,4-7,10,18H,3,8-9,11H2,1H3,(H,19,20). The highest BCUT2D eigenvalue weighted by atomic mass is 79.9. The Morgan fingerprint density at radius 1 is 1.24 bits per heavy atom. The first kappa shape index (κ1) is 15.8. The number of hydrogen-bond donors (Lipinski definition) is 2. The van der Waals surface area contributed by atoms with E-state index >= 15 is 0 Å². The van der Waals surface area contributed by atoms with Gasteiger partial charge in [-0.15, -0.1) is 0 Å². The molecular weight excluding hydrogens is 332 g/mol. The zero-order chi connectivity index (χ0) is 15.1. The van der Waals surface area contributed by atoms with E-state index in [4.69, 9.17) is 4.42 Å². The number of hydrogen-bond acceptors (Lipinski definition) is 3. The first-order valence-corrected chi connectivity index (χ1v) is 7.74. The minimum atomic E-state index is 0.0136. The van der Waals surface area contributed by atoms with Gasteiger partial charge in [0.2, 0.25) is 5.91 Å². The van der Waals surface area contributed by atoms with Crippen molar-refractivity contribution in [2.24, 2.45) is 0 Å². The quantitative estimate of drug-likeness (QED) is 0.753. The van der Waals surface area contributed by atoms with Crippen molar-refractivity contribution in [3.63, 3.8) is 0 Å². The van der Waals surface area contributed by atoms with Crippen molar-refractivity contribution in [3.05, 3.63) is 46.6 Å². The van der Waals surface area contributed by atoms with Gasteiger partial charge in [0.1, 0.15) is 11.5 Å². The Morgan fingerprint density at radius 2 is 2.10 bits per heavy atom. The van der Waals surface area contributed by atoms with Crippen LogP contribution >= 0.6 is 15.9 Å². The summed E-state index contributed by atoms with van der Waals surface area (Å²) in [5.41, 5.74) is 1.06. The third-order valence-electron chi connectivity index (χ3n) is 2.97. The molecule has 5 heteroatoms. The van der Waals surface area contributed by atoms with Gasteiger partial charge in [0.05, 0.1) is 6.54 Å². The van der Waals surface area contributed by atoms with E-state index < -0.39 is 0 Å². The van der Waals surface area contributed by atoms with Crippen LogP contribution in [0.2, 0.25) is 0 Å². The normalized spacial score (nSPS) is 10.6. The highest BCUT2D eigenvalue weighted by Crippen LogP contribution is 2.24. The van der Waals surface area contributed by atoms with E-state index in [-0.39, 0.29) is 5.91 Å². The van der Waals surface area contributed by atoms with E-state index in [2.05, 4.69) is 26.6 Å². The fraction of sp³-hybridized carbons (Fsp3) is 0.312. The highest BCUT2D eigenvalue weighted by Gasteiger charge is 2.04. The first-order valence-electron chi connectivity index (χ1n) is 6.95. The molecule has 1 amide bonds. The average molecular weight is 351 g/mol. The fourth-order valence-corrected chi connectivity index (χ4v) is 2.36. The molecule has 0 radical (unpaired) electrons. The van der Waals surface area contributed by atoms with Crippen LogP contribution in [0.15, 0.2) is 45.3 Å². The molecular formula is C16H19BrN2O2. The second-order valence-electron chi connectivity index (χ2n) is 4.79. The zero-order valence-electron chi connectivity index (χ0n) is 12.0. The lowest BCUT2D eigenvalue weighted by Gasteiger charge is -2.03. The molecule has 0 fully saturated rings. The van der Waals surface area contributed by atoms with Gasteiger partial charge in [0.25, 0.3) is 0 Å². The maximum absolute atomic E-state index is 10.7. The van der Waals surface area contributed by atoms with E-state index in [0.29, 0.717) is 13.1 Å². The molecule has 0 bridgehead atoms. The Bertz CT molecular complexity index is 595. The third-order valence-corrected chi connectivity index (χ3v) is 3.47. The second-order valence-corrected chi connectivity index (χ2v) is 5.71. The largest absolute Gasteiger partial charge is 0.460 e. The number of amides is 1. The van der Waals surface area contributed by atoms with Gasteiger partial charge in [-0.3, -0.25) is 4.79 Å². The smallest absolute Gasteiger partial charge is 0.216 e. The maximum atomic E-state index is 10.7. The fourth-order valence-electron chi connectivity index (χ4n) is 1.96. The molecule has 0 saturated carbocycles. The number of carbonyl (C=O) groups is 1. The number of furan rings is 1. The number of rotatable bonds is 7. The van der Waals surface area contributed by atoms with E-state index in [0.717, 1.165) is 34.5 Å². The van der Waals surface area contributed by atoms with Gasteiger partial charge in [-0.25, -0.2) is 0 Å². The molecule has 0 aliphatic heterocycles. The van der Waals surface area contributed by atoms with Crippen molar-refractivity contribution in [2.75, 3.05) is 13.1 Å². The minimum Gasteiger partial charge on any atom is -0.460 e. The van der Waals surface area contributed by atoms with Crippen LogP contribution in [-0.4, -0.2) is 19.0 Å². The monoisotopic (exact) mass is 350 g/mol. The molecule has 0 aliphatic carbocycles. The number of nitrogens with one attached hydrogen (secondary N) is 2. The molecule has 2 rings (SSSR count). The number of carbonyl (C=O) groups excluding carboxylic acids is 1. The molecule has 2 aromatic rings. The molecule has 21 heavy (non-hydrogen) atoms. The molecule has 1 heterocycles. The summed E-state index contributed by atoms with van der Waals surface area (Å²) in [4.78, 5) is 10.7. The third kappa shape index (κ3) is 5.36.